The van der Waals surface area contributed by atoms with Crippen molar-refractivity contribution in [3.63, 3.8) is 0 Å². The van der Waals surface area contributed by atoms with Gasteiger partial charge in [0.15, 0.2) is 0 Å². The third-order valence-corrected chi connectivity index (χ3v) is 3.68. The Balaban J connectivity index is 1.70. The van der Waals surface area contributed by atoms with Crippen LogP contribution in [-0.4, -0.2) is 24.0 Å². The van der Waals surface area contributed by atoms with Crippen molar-refractivity contribution < 1.29 is 4.79 Å². The Bertz CT molecular complexity index is 652. The van der Waals surface area contributed by atoms with E-state index >= 15 is 0 Å². The molecule has 0 aliphatic carbocycles. The van der Waals surface area contributed by atoms with Gasteiger partial charge in [0, 0.05) is 31.7 Å². The van der Waals surface area contributed by atoms with Crippen LogP contribution in [0.1, 0.15) is 18.0 Å². The van der Waals surface area contributed by atoms with Crippen molar-refractivity contribution in [2.24, 2.45) is 5.73 Å². The van der Waals surface area contributed by atoms with E-state index in [0.717, 1.165) is 5.56 Å². The van der Waals surface area contributed by atoms with Crippen LogP contribution in [0, 0.1) is 0 Å². The van der Waals surface area contributed by atoms with Gasteiger partial charge in [-0.15, -0.1) is 0 Å². The maximum atomic E-state index is 11.9. The molecule has 0 aliphatic rings. The number of nitrogens with two attached hydrogens (primary N) is 1. The van der Waals surface area contributed by atoms with Crippen LogP contribution in [0.15, 0.2) is 42.6 Å². The highest BCUT2D eigenvalue weighted by Gasteiger charge is 2.10. The molecule has 5 nitrogen and oxygen atoms in total. The van der Waals surface area contributed by atoms with Gasteiger partial charge in [0.05, 0.1) is 10.0 Å². The number of amides is 1. The molecule has 1 amide bonds. The van der Waals surface area contributed by atoms with E-state index in [1.54, 1.807) is 6.07 Å². The van der Waals surface area contributed by atoms with Gasteiger partial charge in [0.2, 0.25) is 5.91 Å². The molecule has 0 spiro atoms. The summed E-state index contributed by atoms with van der Waals surface area (Å²) < 4.78 is 0. The van der Waals surface area contributed by atoms with Crippen molar-refractivity contribution in [1.29, 1.82) is 0 Å². The number of rotatable bonds is 7. The number of hydrogen-bond acceptors (Lipinski definition) is 4. The molecule has 0 aliphatic heterocycles. The van der Waals surface area contributed by atoms with Crippen molar-refractivity contribution in [3.8, 4) is 0 Å². The van der Waals surface area contributed by atoms with Gasteiger partial charge in [-0.2, -0.15) is 0 Å². The highest BCUT2D eigenvalue weighted by atomic mass is 35.5. The first-order valence-electron chi connectivity index (χ1n) is 7.18. The summed E-state index contributed by atoms with van der Waals surface area (Å²) >= 11 is 11.8. The van der Waals surface area contributed by atoms with Gasteiger partial charge in [-0.1, -0.05) is 53.5 Å². The fraction of sp³-hybridized carbons (Fsp3) is 0.250. The van der Waals surface area contributed by atoms with Crippen LogP contribution in [-0.2, 0) is 4.79 Å². The number of benzene rings is 1. The summed E-state index contributed by atoms with van der Waals surface area (Å²) in [6.07, 6.45) is 1.75. The lowest BCUT2D eigenvalue weighted by atomic mass is 10.0. The van der Waals surface area contributed by atoms with Crippen molar-refractivity contribution in [1.82, 2.24) is 10.3 Å². The van der Waals surface area contributed by atoms with Crippen LogP contribution in [0.3, 0.4) is 0 Å². The maximum Gasteiger partial charge on any atom is 0.221 e. The molecule has 23 heavy (non-hydrogen) atoms. The first-order chi connectivity index (χ1) is 11.1. The molecule has 4 N–H and O–H groups in total. The molecule has 0 bridgehead atoms. The van der Waals surface area contributed by atoms with E-state index < -0.39 is 0 Å². The smallest absolute Gasteiger partial charge is 0.221 e. The van der Waals surface area contributed by atoms with Crippen molar-refractivity contribution in [3.05, 3.63) is 58.2 Å². The van der Waals surface area contributed by atoms with E-state index in [1.807, 2.05) is 30.3 Å². The van der Waals surface area contributed by atoms with Crippen LogP contribution in [0.5, 0.6) is 0 Å². The SMILES string of the molecule is NC(CC(=O)NCCNc1ncc(Cl)cc1Cl)c1ccccc1. The first-order valence-corrected chi connectivity index (χ1v) is 7.94. The predicted molar refractivity (Wildman–Crippen MR) is 93.7 cm³/mol. The number of nitrogens with one attached hydrogen (secondary N) is 2. The van der Waals surface area contributed by atoms with Crippen LogP contribution in [0.2, 0.25) is 10.0 Å². The number of carbonyl (C=O) groups excluding carboxylic acids is 1. The van der Waals surface area contributed by atoms with E-state index in [1.165, 1.54) is 6.20 Å². The molecule has 1 unspecified atom stereocenters. The van der Waals surface area contributed by atoms with Crippen LogP contribution < -0.4 is 16.4 Å². The number of pyridine rings is 1. The van der Waals surface area contributed by atoms with E-state index in [9.17, 15) is 4.79 Å². The zero-order valence-electron chi connectivity index (χ0n) is 12.4. The van der Waals surface area contributed by atoms with Gasteiger partial charge >= 0.3 is 0 Å². The number of anilines is 1. The van der Waals surface area contributed by atoms with Crippen LogP contribution >= 0.6 is 23.2 Å². The minimum atomic E-state index is -0.309. The fourth-order valence-corrected chi connectivity index (χ4v) is 2.46. The van der Waals surface area contributed by atoms with Gasteiger partial charge in [0.1, 0.15) is 5.82 Å². The summed E-state index contributed by atoms with van der Waals surface area (Å²) in [5.74, 6) is 0.435. The molecule has 122 valence electrons. The first kappa shape index (κ1) is 17.5. The molecular weight excluding hydrogens is 335 g/mol. The molecule has 0 radical (unpaired) electrons. The monoisotopic (exact) mass is 352 g/mol. The minimum absolute atomic E-state index is 0.0988. The molecule has 1 aromatic carbocycles. The summed E-state index contributed by atoms with van der Waals surface area (Å²) in [6, 6.07) is 10.8. The lowest BCUT2D eigenvalue weighted by Gasteiger charge is -2.12. The number of carbonyl (C=O) groups is 1. The summed E-state index contributed by atoms with van der Waals surface area (Å²) in [5, 5.41) is 6.75. The second kappa shape index (κ2) is 8.72. The Morgan fingerprint density at radius 3 is 2.65 bits per heavy atom. The molecule has 0 saturated heterocycles. The molecular formula is C16H18Cl2N4O. The standard InChI is InChI=1S/C16H18Cl2N4O/c17-12-8-13(18)16(22-10-12)21-7-6-20-15(23)9-14(19)11-4-2-1-3-5-11/h1-5,8,10,14H,6-7,9,19H2,(H,20,23)(H,21,22). The predicted octanol–water partition coefficient (Wildman–Crippen LogP) is 3.01. The average molecular weight is 353 g/mol. The van der Waals surface area contributed by atoms with E-state index in [-0.39, 0.29) is 18.4 Å². The summed E-state index contributed by atoms with van der Waals surface area (Å²) in [4.78, 5) is 15.9. The van der Waals surface area contributed by atoms with Crippen LogP contribution in [0.4, 0.5) is 5.82 Å². The lowest BCUT2D eigenvalue weighted by Crippen LogP contribution is -2.31. The van der Waals surface area contributed by atoms with Gasteiger partial charge in [-0.3, -0.25) is 4.79 Å². The average Bonchev–Trinajstić information content (AvgIpc) is 2.54. The largest absolute Gasteiger partial charge is 0.367 e. The third-order valence-electron chi connectivity index (χ3n) is 3.18. The van der Waals surface area contributed by atoms with Crippen molar-refractivity contribution in [2.45, 2.75) is 12.5 Å². The molecule has 0 saturated carbocycles. The van der Waals surface area contributed by atoms with Crippen LogP contribution in [0.25, 0.3) is 0 Å². The Kier molecular flexibility index (Phi) is 6.65. The quantitative estimate of drug-likeness (QED) is 0.669. The molecule has 1 heterocycles. The van der Waals surface area contributed by atoms with Gasteiger partial charge < -0.3 is 16.4 Å². The van der Waals surface area contributed by atoms with Gasteiger partial charge in [-0.05, 0) is 11.6 Å². The topological polar surface area (TPSA) is 80.0 Å². The van der Waals surface area contributed by atoms with Gasteiger partial charge in [0.25, 0.3) is 0 Å². The van der Waals surface area contributed by atoms with Crippen molar-refractivity contribution >= 4 is 34.9 Å². The molecule has 1 atom stereocenters. The van der Waals surface area contributed by atoms with Crippen molar-refractivity contribution in [2.75, 3.05) is 18.4 Å². The molecule has 1 aromatic heterocycles. The molecule has 2 rings (SSSR count). The summed E-state index contributed by atoms with van der Waals surface area (Å²) in [7, 11) is 0. The molecule has 7 heteroatoms. The Labute approximate surface area is 145 Å². The second-order valence-electron chi connectivity index (χ2n) is 4.98. The maximum absolute atomic E-state index is 11.9. The number of hydrogen-bond donors (Lipinski definition) is 3. The molecule has 2 aromatic rings. The Morgan fingerprint density at radius 1 is 1.22 bits per heavy atom. The Hall–Kier alpha value is -1.82. The number of halogens is 2. The van der Waals surface area contributed by atoms with Gasteiger partial charge in [-0.25, -0.2) is 4.98 Å². The summed E-state index contributed by atoms with van der Waals surface area (Å²) in [5.41, 5.74) is 6.95. The summed E-state index contributed by atoms with van der Waals surface area (Å²) in [6.45, 7) is 0.946. The lowest BCUT2D eigenvalue weighted by molar-refractivity contribution is -0.121. The number of aromatic nitrogens is 1. The van der Waals surface area contributed by atoms with E-state index in [4.69, 9.17) is 28.9 Å². The number of nitrogens with zero attached hydrogens (tertiary/aromatic N) is 1. The zero-order chi connectivity index (χ0) is 16.7. The third kappa shape index (κ3) is 5.71. The second-order valence-corrected chi connectivity index (χ2v) is 5.83. The zero-order valence-corrected chi connectivity index (χ0v) is 13.9. The normalized spacial score (nSPS) is 11.8. The highest BCUT2D eigenvalue weighted by Crippen LogP contribution is 2.22. The minimum Gasteiger partial charge on any atom is -0.367 e. The highest BCUT2D eigenvalue weighted by molar-refractivity contribution is 6.35. The Morgan fingerprint density at radius 2 is 1.96 bits per heavy atom. The van der Waals surface area contributed by atoms with E-state index in [0.29, 0.717) is 29.0 Å². The molecule has 0 fully saturated rings. The van der Waals surface area contributed by atoms with E-state index in [2.05, 4.69) is 15.6 Å². The fourth-order valence-electron chi connectivity index (χ4n) is 2.02.